The molecule has 0 aromatic heterocycles. The molecule has 4 heteroatoms. The maximum absolute atomic E-state index is 11.8. The van der Waals surface area contributed by atoms with Gasteiger partial charge < -0.3 is 0 Å². The summed E-state index contributed by atoms with van der Waals surface area (Å²) in [6.45, 7) is 2.84. The van der Waals surface area contributed by atoms with Gasteiger partial charge in [-0.2, -0.15) is 13.2 Å². The highest BCUT2D eigenvalue weighted by atomic mass is 35.5. The van der Waals surface area contributed by atoms with Crippen molar-refractivity contribution in [3.8, 4) is 0 Å². The normalized spacial score (nSPS) is 13.0. The van der Waals surface area contributed by atoms with Crippen LogP contribution in [0.5, 0.6) is 0 Å². The third kappa shape index (κ3) is 5.02. The van der Waals surface area contributed by atoms with E-state index in [-0.39, 0.29) is 5.88 Å². The van der Waals surface area contributed by atoms with Crippen LogP contribution in [0, 0.1) is 0 Å². The summed E-state index contributed by atoms with van der Waals surface area (Å²) in [6.07, 6.45) is 0.762. The van der Waals surface area contributed by atoms with Crippen LogP contribution in [0.2, 0.25) is 0 Å². The second kappa shape index (κ2) is 5.04. The van der Waals surface area contributed by atoms with Crippen LogP contribution in [0.3, 0.4) is 0 Å². The Morgan fingerprint density at radius 2 is 1.92 bits per heavy atom. The molecule has 0 fully saturated rings. The van der Waals surface area contributed by atoms with Crippen molar-refractivity contribution in [3.63, 3.8) is 0 Å². The van der Waals surface area contributed by atoms with Gasteiger partial charge in [-0.3, -0.25) is 0 Å². The van der Waals surface area contributed by atoms with Gasteiger partial charge in [0.25, 0.3) is 0 Å². The van der Waals surface area contributed by atoms with E-state index in [2.05, 4.69) is 6.58 Å². The minimum Gasteiger partial charge on any atom is -0.166 e. The fraction of sp³-hybridized carbons (Fsp3) is 0.250. The largest absolute Gasteiger partial charge is 0.415 e. The highest BCUT2D eigenvalue weighted by molar-refractivity contribution is 6.18. The molecule has 0 N–H and O–H groups in total. The zero-order chi connectivity index (χ0) is 9.61. The molecular weight excluding hydrogens is 189 g/mol. The van der Waals surface area contributed by atoms with Crippen LogP contribution < -0.4 is 0 Å². The summed E-state index contributed by atoms with van der Waals surface area (Å²) in [6, 6.07) is 0. The first-order valence-corrected chi connectivity index (χ1v) is 3.67. The molecule has 0 rings (SSSR count). The number of halogens is 4. The third-order valence-corrected chi connectivity index (χ3v) is 1.18. The van der Waals surface area contributed by atoms with Crippen molar-refractivity contribution in [2.75, 3.05) is 5.88 Å². The molecule has 0 radical (unpaired) electrons. The minimum atomic E-state index is -4.34. The van der Waals surface area contributed by atoms with Gasteiger partial charge in [-0.25, -0.2) is 0 Å². The molecule has 0 aromatic carbocycles. The summed E-state index contributed by atoms with van der Waals surface area (Å²) in [5.74, 6) is 0.281. The fourth-order valence-corrected chi connectivity index (χ4v) is 0.499. The van der Waals surface area contributed by atoms with Gasteiger partial charge in [-0.1, -0.05) is 30.9 Å². The lowest BCUT2D eigenvalue weighted by atomic mass is 10.2. The van der Waals surface area contributed by atoms with Crippen LogP contribution in [-0.4, -0.2) is 12.1 Å². The van der Waals surface area contributed by atoms with Crippen molar-refractivity contribution in [1.82, 2.24) is 0 Å². The summed E-state index contributed by atoms with van der Waals surface area (Å²) in [7, 11) is 0. The van der Waals surface area contributed by atoms with Crippen molar-refractivity contribution in [2.24, 2.45) is 0 Å². The zero-order valence-electron chi connectivity index (χ0n) is 6.24. The van der Waals surface area contributed by atoms with E-state index in [0.29, 0.717) is 0 Å². The number of hydrogen-bond donors (Lipinski definition) is 0. The van der Waals surface area contributed by atoms with E-state index in [1.165, 1.54) is 18.2 Å². The minimum absolute atomic E-state index is 0.281. The van der Waals surface area contributed by atoms with Crippen LogP contribution in [0.4, 0.5) is 13.2 Å². The van der Waals surface area contributed by atoms with Gasteiger partial charge in [0.15, 0.2) is 0 Å². The Morgan fingerprint density at radius 1 is 1.33 bits per heavy atom. The Labute approximate surface area is 74.0 Å². The molecule has 0 atom stereocenters. The molecule has 68 valence electrons. The molecule has 12 heavy (non-hydrogen) atoms. The van der Waals surface area contributed by atoms with Crippen molar-refractivity contribution in [1.29, 1.82) is 0 Å². The van der Waals surface area contributed by atoms with Crippen molar-refractivity contribution >= 4 is 11.6 Å². The van der Waals surface area contributed by atoms with E-state index in [0.717, 1.165) is 6.08 Å². The summed E-state index contributed by atoms with van der Waals surface area (Å²) in [5.41, 5.74) is -0.873. The van der Waals surface area contributed by atoms with Gasteiger partial charge in [-0.05, 0) is 0 Å². The summed E-state index contributed by atoms with van der Waals surface area (Å²) >= 11 is 5.24. The topological polar surface area (TPSA) is 0 Å². The highest BCUT2D eigenvalue weighted by Crippen LogP contribution is 2.24. The first kappa shape index (κ1) is 11.3. The second-order valence-corrected chi connectivity index (χ2v) is 2.27. The van der Waals surface area contributed by atoms with Crippen LogP contribution >= 0.6 is 11.6 Å². The predicted octanol–water partition coefficient (Wildman–Crippen LogP) is 3.46. The van der Waals surface area contributed by atoms with Crippen molar-refractivity contribution < 1.29 is 13.2 Å². The lowest BCUT2D eigenvalue weighted by molar-refractivity contribution is -0.0878. The molecule has 0 spiro atoms. The number of hydrogen-bond acceptors (Lipinski definition) is 0. The second-order valence-electron chi connectivity index (χ2n) is 1.96. The van der Waals surface area contributed by atoms with Gasteiger partial charge >= 0.3 is 6.18 Å². The molecule has 0 aliphatic rings. The van der Waals surface area contributed by atoms with Gasteiger partial charge in [0.2, 0.25) is 0 Å². The summed E-state index contributed by atoms with van der Waals surface area (Å²) in [4.78, 5) is 0. The van der Waals surface area contributed by atoms with Crippen LogP contribution in [-0.2, 0) is 0 Å². The summed E-state index contributed by atoms with van der Waals surface area (Å²) < 4.78 is 35.3. The number of allylic oxidation sites excluding steroid dienone is 5. The predicted molar refractivity (Wildman–Crippen MR) is 44.2 cm³/mol. The van der Waals surface area contributed by atoms with Gasteiger partial charge in [-0.15, -0.1) is 11.6 Å². The molecule has 0 aliphatic carbocycles. The van der Waals surface area contributed by atoms with E-state index in [1.54, 1.807) is 0 Å². The quantitative estimate of drug-likeness (QED) is 0.479. The lowest BCUT2D eigenvalue weighted by Crippen LogP contribution is -2.08. The van der Waals surface area contributed by atoms with Crippen molar-refractivity contribution in [3.05, 3.63) is 36.5 Å². The average molecular weight is 197 g/mol. The van der Waals surface area contributed by atoms with E-state index in [4.69, 9.17) is 11.6 Å². The van der Waals surface area contributed by atoms with Gasteiger partial charge in [0.05, 0.1) is 0 Å². The molecule has 0 amide bonds. The Balaban J connectivity index is 4.01. The zero-order valence-corrected chi connectivity index (χ0v) is 6.99. The van der Waals surface area contributed by atoms with E-state index in [9.17, 15) is 13.2 Å². The fourth-order valence-electron chi connectivity index (χ4n) is 0.396. The maximum Gasteiger partial charge on any atom is 0.415 e. The summed E-state index contributed by atoms with van der Waals surface area (Å²) in [5, 5.41) is 0. The third-order valence-electron chi connectivity index (χ3n) is 0.998. The average Bonchev–Trinajstić information content (AvgIpc) is 1.96. The Bertz CT molecular complexity index is 201. The maximum atomic E-state index is 11.8. The first-order chi connectivity index (χ1) is 5.48. The molecule has 0 unspecified atom stereocenters. The smallest absolute Gasteiger partial charge is 0.166 e. The Morgan fingerprint density at radius 3 is 2.33 bits per heavy atom. The number of rotatable bonds is 3. The molecular formula is C8H8ClF3. The van der Waals surface area contributed by atoms with E-state index >= 15 is 0 Å². The molecule has 0 bridgehead atoms. The monoisotopic (exact) mass is 196 g/mol. The molecule has 0 heterocycles. The SMILES string of the molecule is C=C(/C=C\C=C/CCl)C(F)(F)F. The van der Waals surface area contributed by atoms with Crippen LogP contribution in [0.15, 0.2) is 36.5 Å². The molecule has 0 nitrogen and oxygen atoms in total. The molecule has 0 aromatic rings. The van der Waals surface area contributed by atoms with Gasteiger partial charge in [0.1, 0.15) is 0 Å². The highest BCUT2D eigenvalue weighted by Gasteiger charge is 2.29. The lowest BCUT2D eigenvalue weighted by Gasteiger charge is -2.03. The standard InChI is InChI=1S/C8H8ClF3/c1-7(8(10,11)12)5-3-2-4-6-9/h2-5H,1,6H2/b4-2-,5-3-. The van der Waals surface area contributed by atoms with E-state index in [1.807, 2.05) is 0 Å². The Hall–Kier alpha value is -0.700. The molecule has 0 aliphatic heterocycles. The molecule has 0 saturated carbocycles. The molecule has 0 saturated heterocycles. The van der Waals surface area contributed by atoms with Crippen molar-refractivity contribution in [2.45, 2.75) is 6.18 Å². The van der Waals surface area contributed by atoms with Gasteiger partial charge in [0, 0.05) is 11.5 Å². The number of alkyl halides is 4. The first-order valence-electron chi connectivity index (χ1n) is 3.13. The van der Waals surface area contributed by atoms with Crippen LogP contribution in [0.1, 0.15) is 0 Å². The van der Waals surface area contributed by atoms with Crippen LogP contribution in [0.25, 0.3) is 0 Å². The van der Waals surface area contributed by atoms with E-state index < -0.39 is 11.7 Å². The Kier molecular flexibility index (Phi) is 4.74.